The Kier molecular flexibility index (Phi) is 4.07. The lowest BCUT2D eigenvalue weighted by molar-refractivity contribution is -0.180. The van der Waals surface area contributed by atoms with Gasteiger partial charge in [-0.2, -0.15) is 13.2 Å². The topological polar surface area (TPSA) is 49.2 Å². The first-order valence-electron chi connectivity index (χ1n) is 7.93. The fourth-order valence-corrected chi connectivity index (χ4v) is 3.46. The van der Waals surface area contributed by atoms with Crippen molar-refractivity contribution in [2.45, 2.75) is 37.8 Å². The number of aromatic nitrogens is 1. The third-order valence-corrected chi connectivity index (χ3v) is 4.66. The van der Waals surface area contributed by atoms with Gasteiger partial charge >= 0.3 is 6.18 Å². The van der Waals surface area contributed by atoms with Gasteiger partial charge in [-0.05, 0) is 24.1 Å². The number of halogens is 3. The average Bonchev–Trinajstić information content (AvgIpc) is 2.58. The minimum absolute atomic E-state index is 0.0000463. The molecule has 0 spiro atoms. The Morgan fingerprint density at radius 1 is 1.24 bits per heavy atom. The Bertz CT molecular complexity index is 911. The van der Waals surface area contributed by atoms with Crippen molar-refractivity contribution in [3.8, 4) is 0 Å². The lowest BCUT2D eigenvalue weighted by atomic mass is 9.67. The Morgan fingerprint density at radius 3 is 2.64 bits per heavy atom. The van der Waals surface area contributed by atoms with Crippen LogP contribution in [0.1, 0.15) is 37.3 Å². The summed E-state index contributed by atoms with van der Waals surface area (Å²) in [6, 6.07) is 5.47. The second kappa shape index (κ2) is 5.96. The molecule has 25 heavy (non-hydrogen) atoms. The van der Waals surface area contributed by atoms with Crippen LogP contribution < -0.4 is 10.9 Å². The monoisotopic (exact) mass is 347 g/mol. The number of rotatable bonds is 3. The number of alkyl halides is 3. The van der Waals surface area contributed by atoms with E-state index in [9.17, 15) is 18.0 Å². The number of H-pyrrole nitrogens is 1. The van der Waals surface area contributed by atoms with Crippen LogP contribution in [0, 0.1) is 6.57 Å². The maximum atomic E-state index is 14.4. The van der Waals surface area contributed by atoms with E-state index in [0.29, 0.717) is 12.8 Å². The fraction of sp³-hybridized carbons (Fsp3) is 0.333. The van der Waals surface area contributed by atoms with Gasteiger partial charge in [-0.15, -0.1) is 0 Å². The second-order valence-corrected chi connectivity index (χ2v) is 6.07. The molecule has 1 unspecified atom stereocenters. The number of nitrogens with one attached hydrogen (secondary N) is 2. The Labute approximate surface area is 142 Å². The van der Waals surface area contributed by atoms with E-state index in [1.165, 1.54) is 30.5 Å². The van der Waals surface area contributed by atoms with Crippen molar-refractivity contribution in [1.29, 1.82) is 0 Å². The van der Waals surface area contributed by atoms with E-state index in [1.54, 1.807) is 0 Å². The maximum absolute atomic E-state index is 14.4. The van der Waals surface area contributed by atoms with E-state index in [2.05, 4.69) is 15.1 Å². The maximum Gasteiger partial charge on any atom is 0.402 e. The molecule has 4 nitrogen and oxygen atoms in total. The number of pyridine rings is 1. The average molecular weight is 347 g/mol. The van der Waals surface area contributed by atoms with Crippen molar-refractivity contribution in [2.75, 3.05) is 5.32 Å². The number of unbranched alkanes of at least 4 members (excludes halogenated alkanes) is 1. The first kappa shape index (κ1) is 17.1. The normalized spacial score (nSPS) is 18.7. The van der Waals surface area contributed by atoms with E-state index in [4.69, 9.17) is 6.57 Å². The van der Waals surface area contributed by atoms with Crippen molar-refractivity contribution in [3.63, 3.8) is 0 Å². The van der Waals surface area contributed by atoms with Crippen molar-refractivity contribution < 1.29 is 13.2 Å². The molecule has 130 valence electrons. The second-order valence-electron chi connectivity index (χ2n) is 6.07. The summed E-state index contributed by atoms with van der Waals surface area (Å²) in [4.78, 5) is 17.8. The molecule has 0 fully saturated rings. The predicted molar refractivity (Wildman–Crippen MR) is 89.4 cm³/mol. The van der Waals surface area contributed by atoms with Crippen molar-refractivity contribution >= 4 is 17.1 Å². The molecule has 0 aliphatic carbocycles. The van der Waals surface area contributed by atoms with E-state index >= 15 is 0 Å². The highest BCUT2D eigenvalue weighted by Gasteiger charge is 2.59. The largest absolute Gasteiger partial charge is 0.402 e. The summed E-state index contributed by atoms with van der Waals surface area (Å²) >= 11 is 0. The number of nitrogens with zero attached hydrogens (tertiary/aromatic N) is 1. The number of hydrogen-bond donors (Lipinski definition) is 2. The molecular weight excluding hydrogens is 331 g/mol. The minimum Gasteiger partial charge on any atom is -0.351 e. The quantitative estimate of drug-likeness (QED) is 0.766. The fourth-order valence-electron chi connectivity index (χ4n) is 3.46. The first-order valence-corrected chi connectivity index (χ1v) is 7.93. The molecule has 0 saturated carbocycles. The Balaban J connectivity index is 2.41. The van der Waals surface area contributed by atoms with Crippen LogP contribution in [0.15, 0.2) is 35.3 Å². The standard InChI is InChI=1S/C18H16F3N3O/c1-3-4-8-17(18(19,20)21)12-7-9-23-16(25)15(12)24-14-6-5-11(22-2)10-13(14)17/h5-7,9-10,24H,3-4,8H2,1H3,(H,23,25). The molecule has 1 aliphatic heterocycles. The molecule has 2 aromatic rings. The van der Waals surface area contributed by atoms with Gasteiger partial charge < -0.3 is 10.3 Å². The van der Waals surface area contributed by atoms with Crippen LogP contribution in [0.3, 0.4) is 0 Å². The molecule has 2 N–H and O–H groups in total. The Hall–Kier alpha value is -2.75. The molecule has 0 radical (unpaired) electrons. The summed E-state index contributed by atoms with van der Waals surface area (Å²) in [5.41, 5.74) is -2.73. The van der Waals surface area contributed by atoms with Crippen LogP contribution in [-0.2, 0) is 5.41 Å². The van der Waals surface area contributed by atoms with Gasteiger partial charge in [0.25, 0.3) is 5.56 Å². The van der Waals surface area contributed by atoms with Gasteiger partial charge in [-0.25, -0.2) is 4.85 Å². The molecule has 0 bridgehead atoms. The lowest BCUT2D eigenvalue weighted by Crippen LogP contribution is -2.47. The summed E-state index contributed by atoms with van der Waals surface area (Å²) in [6.07, 6.45) is -2.63. The van der Waals surface area contributed by atoms with Crippen LogP contribution in [0.2, 0.25) is 0 Å². The molecule has 0 amide bonds. The number of hydrogen-bond acceptors (Lipinski definition) is 2. The van der Waals surface area contributed by atoms with E-state index in [0.717, 1.165) is 0 Å². The summed E-state index contributed by atoms with van der Waals surface area (Å²) in [7, 11) is 0. The minimum atomic E-state index is -4.61. The van der Waals surface area contributed by atoms with E-state index in [-0.39, 0.29) is 34.6 Å². The summed E-state index contributed by atoms with van der Waals surface area (Å²) in [5.74, 6) is 0. The number of aromatic amines is 1. The van der Waals surface area contributed by atoms with Crippen molar-refractivity contribution in [3.05, 3.63) is 63.4 Å². The number of fused-ring (bicyclic) bond motifs is 2. The van der Waals surface area contributed by atoms with Gasteiger partial charge in [0, 0.05) is 17.4 Å². The first-order chi connectivity index (χ1) is 11.8. The number of benzene rings is 1. The van der Waals surface area contributed by atoms with Crippen molar-refractivity contribution in [1.82, 2.24) is 4.98 Å². The van der Waals surface area contributed by atoms with Crippen LogP contribution in [-0.4, -0.2) is 11.2 Å². The third-order valence-electron chi connectivity index (χ3n) is 4.66. The van der Waals surface area contributed by atoms with Crippen LogP contribution in [0.25, 0.3) is 4.85 Å². The highest BCUT2D eigenvalue weighted by atomic mass is 19.4. The van der Waals surface area contributed by atoms with Crippen LogP contribution in [0.5, 0.6) is 0 Å². The SMILES string of the molecule is [C-]#[N+]c1ccc2c(c1)C(CCCC)(C(F)(F)F)c1cc[nH]c(=O)c1N2. The molecule has 1 aromatic carbocycles. The van der Waals surface area contributed by atoms with E-state index < -0.39 is 17.2 Å². The molecule has 0 saturated heterocycles. The summed E-state index contributed by atoms with van der Waals surface area (Å²) in [6.45, 7) is 8.95. The smallest absolute Gasteiger partial charge is 0.351 e. The predicted octanol–water partition coefficient (Wildman–Crippen LogP) is 5.02. The highest BCUT2D eigenvalue weighted by Crippen LogP contribution is 2.56. The molecule has 1 aliphatic rings. The van der Waals surface area contributed by atoms with Crippen LogP contribution >= 0.6 is 0 Å². The Morgan fingerprint density at radius 2 is 2.00 bits per heavy atom. The summed E-state index contributed by atoms with van der Waals surface area (Å²) in [5, 5.41) is 2.82. The third kappa shape index (κ3) is 2.49. The van der Waals surface area contributed by atoms with E-state index in [1.807, 2.05) is 6.92 Å². The number of anilines is 2. The zero-order valence-corrected chi connectivity index (χ0v) is 13.5. The molecular formula is C18H16F3N3O. The van der Waals surface area contributed by atoms with Gasteiger partial charge in [0.05, 0.1) is 6.57 Å². The van der Waals surface area contributed by atoms with Gasteiger partial charge in [-0.3, -0.25) is 4.79 Å². The molecule has 3 rings (SSSR count). The lowest BCUT2D eigenvalue weighted by Gasteiger charge is -2.42. The highest BCUT2D eigenvalue weighted by molar-refractivity contribution is 5.78. The molecule has 1 aromatic heterocycles. The summed E-state index contributed by atoms with van der Waals surface area (Å²) < 4.78 is 43.3. The van der Waals surface area contributed by atoms with Crippen molar-refractivity contribution in [2.24, 2.45) is 0 Å². The van der Waals surface area contributed by atoms with Gasteiger partial charge in [-0.1, -0.05) is 31.9 Å². The van der Waals surface area contributed by atoms with Crippen LogP contribution in [0.4, 0.5) is 30.2 Å². The van der Waals surface area contributed by atoms with Gasteiger partial charge in [0.2, 0.25) is 0 Å². The molecule has 2 heterocycles. The zero-order valence-electron chi connectivity index (χ0n) is 13.5. The van der Waals surface area contributed by atoms with Gasteiger partial charge in [0.1, 0.15) is 11.1 Å². The van der Waals surface area contributed by atoms with Gasteiger partial charge in [0.15, 0.2) is 5.69 Å². The molecule has 7 heteroatoms. The zero-order chi connectivity index (χ0) is 18.2. The molecule has 1 atom stereocenters.